The summed E-state index contributed by atoms with van der Waals surface area (Å²) in [5.41, 5.74) is 5.98. The molecule has 1 atom stereocenters. The molecule has 0 spiro atoms. The number of amides is 1. The summed E-state index contributed by atoms with van der Waals surface area (Å²) in [6.45, 7) is 3.26. The first-order chi connectivity index (χ1) is 6.04. The standard InChI is InChI=1S/C10H12FNO/c1-6-4-3-5-8(9(6)11)7(2)10(12)13/h3-5,7H,1-2H3,(H2,12,13). The molecule has 1 amide bonds. The predicted octanol–water partition coefficient (Wildman–Crippen LogP) is 1.72. The number of carbonyl (C=O) groups excluding carboxylic acids is 1. The Morgan fingerprint density at radius 3 is 2.69 bits per heavy atom. The van der Waals surface area contributed by atoms with E-state index in [1.807, 2.05) is 0 Å². The van der Waals surface area contributed by atoms with Crippen LogP contribution in [0.2, 0.25) is 0 Å². The smallest absolute Gasteiger partial charge is 0.224 e. The Hall–Kier alpha value is -1.38. The Labute approximate surface area is 76.6 Å². The minimum Gasteiger partial charge on any atom is -0.369 e. The number of nitrogens with two attached hydrogens (primary N) is 1. The number of hydrogen-bond donors (Lipinski definition) is 1. The molecule has 1 rings (SSSR count). The SMILES string of the molecule is Cc1cccc(C(C)C(N)=O)c1F. The maximum Gasteiger partial charge on any atom is 0.224 e. The molecular formula is C10H12FNO. The largest absolute Gasteiger partial charge is 0.369 e. The number of primary amides is 1. The third-order valence-corrected chi connectivity index (χ3v) is 2.11. The molecule has 0 aromatic heterocycles. The summed E-state index contributed by atoms with van der Waals surface area (Å²) in [4.78, 5) is 10.8. The molecule has 0 fully saturated rings. The molecular weight excluding hydrogens is 169 g/mol. The third kappa shape index (κ3) is 1.86. The zero-order chi connectivity index (χ0) is 10.0. The molecule has 13 heavy (non-hydrogen) atoms. The van der Waals surface area contributed by atoms with Crippen LogP contribution < -0.4 is 5.73 Å². The van der Waals surface area contributed by atoms with Gasteiger partial charge in [0.2, 0.25) is 5.91 Å². The van der Waals surface area contributed by atoms with Crippen molar-refractivity contribution < 1.29 is 9.18 Å². The Balaban J connectivity index is 3.15. The van der Waals surface area contributed by atoms with Crippen molar-refractivity contribution in [3.63, 3.8) is 0 Å². The van der Waals surface area contributed by atoms with E-state index >= 15 is 0 Å². The topological polar surface area (TPSA) is 43.1 Å². The molecule has 0 heterocycles. The first kappa shape index (κ1) is 9.71. The zero-order valence-electron chi connectivity index (χ0n) is 7.67. The van der Waals surface area contributed by atoms with Crippen LogP contribution in [-0.4, -0.2) is 5.91 Å². The normalized spacial score (nSPS) is 12.5. The summed E-state index contributed by atoms with van der Waals surface area (Å²) in [6, 6.07) is 4.96. The van der Waals surface area contributed by atoms with Gasteiger partial charge in [-0.15, -0.1) is 0 Å². The highest BCUT2D eigenvalue weighted by molar-refractivity contribution is 5.81. The lowest BCUT2D eigenvalue weighted by molar-refractivity contribution is -0.119. The maximum absolute atomic E-state index is 13.4. The van der Waals surface area contributed by atoms with E-state index in [0.29, 0.717) is 11.1 Å². The zero-order valence-corrected chi connectivity index (χ0v) is 7.67. The quantitative estimate of drug-likeness (QED) is 0.741. The second kappa shape index (κ2) is 3.56. The first-order valence-electron chi connectivity index (χ1n) is 4.08. The van der Waals surface area contributed by atoms with Crippen LogP contribution in [0.15, 0.2) is 18.2 Å². The van der Waals surface area contributed by atoms with E-state index in [0.717, 1.165) is 0 Å². The molecule has 1 aromatic carbocycles. The van der Waals surface area contributed by atoms with Crippen molar-refractivity contribution in [1.82, 2.24) is 0 Å². The first-order valence-corrected chi connectivity index (χ1v) is 4.08. The van der Waals surface area contributed by atoms with E-state index in [4.69, 9.17) is 5.73 Å². The predicted molar refractivity (Wildman–Crippen MR) is 48.7 cm³/mol. The van der Waals surface area contributed by atoms with Gasteiger partial charge >= 0.3 is 0 Å². The molecule has 0 saturated heterocycles. The van der Waals surface area contributed by atoms with Gasteiger partial charge in [0, 0.05) is 5.56 Å². The number of halogens is 1. The lowest BCUT2D eigenvalue weighted by atomic mass is 9.98. The molecule has 70 valence electrons. The highest BCUT2D eigenvalue weighted by Gasteiger charge is 2.16. The van der Waals surface area contributed by atoms with Crippen LogP contribution >= 0.6 is 0 Å². The van der Waals surface area contributed by atoms with Crippen LogP contribution in [-0.2, 0) is 4.79 Å². The molecule has 0 bridgehead atoms. The van der Waals surface area contributed by atoms with E-state index in [1.165, 1.54) is 0 Å². The van der Waals surface area contributed by atoms with Crippen LogP contribution in [0.3, 0.4) is 0 Å². The summed E-state index contributed by atoms with van der Waals surface area (Å²) in [7, 11) is 0. The van der Waals surface area contributed by atoms with Gasteiger partial charge in [-0.25, -0.2) is 4.39 Å². The lowest BCUT2D eigenvalue weighted by Gasteiger charge is -2.09. The third-order valence-electron chi connectivity index (χ3n) is 2.11. The monoisotopic (exact) mass is 181 g/mol. The second-order valence-electron chi connectivity index (χ2n) is 3.10. The van der Waals surface area contributed by atoms with Gasteiger partial charge in [-0.05, 0) is 19.4 Å². The van der Waals surface area contributed by atoms with E-state index in [-0.39, 0.29) is 5.82 Å². The van der Waals surface area contributed by atoms with Gasteiger partial charge in [0.25, 0.3) is 0 Å². The Kier molecular flexibility index (Phi) is 2.66. The Morgan fingerprint density at radius 2 is 2.15 bits per heavy atom. The fourth-order valence-electron chi connectivity index (χ4n) is 1.16. The lowest BCUT2D eigenvalue weighted by Crippen LogP contribution is -2.19. The minimum absolute atomic E-state index is 0.339. The van der Waals surface area contributed by atoms with Crippen LogP contribution in [0, 0.1) is 12.7 Å². The van der Waals surface area contributed by atoms with E-state index in [9.17, 15) is 9.18 Å². The van der Waals surface area contributed by atoms with Crippen molar-refractivity contribution in [1.29, 1.82) is 0 Å². The van der Waals surface area contributed by atoms with Crippen molar-refractivity contribution >= 4 is 5.91 Å². The van der Waals surface area contributed by atoms with Gasteiger partial charge in [0.05, 0.1) is 5.92 Å². The van der Waals surface area contributed by atoms with Gasteiger partial charge in [-0.1, -0.05) is 18.2 Å². The number of rotatable bonds is 2. The number of aryl methyl sites for hydroxylation is 1. The number of hydrogen-bond acceptors (Lipinski definition) is 1. The van der Waals surface area contributed by atoms with E-state index in [1.54, 1.807) is 32.0 Å². The van der Waals surface area contributed by atoms with Crippen molar-refractivity contribution in [2.75, 3.05) is 0 Å². The maximum atomic E-state index is 13.4. The van der Waals surface area contributed by atoms with E-state index < -0.39 is 11.8 Å². The summed E-state index contributed by atoms with van der Waals surface area (Å²) < 4.78 is 13.4. The van der Waals surface area contributed by atoms with Crippen LogP contribution in [0.4, 0.5) is 4.39 Å². The highest BCUT2D eigenvalue weighted by atomic mass is 19.1. The van der Waals surface area contributed by atoms with Gasteiger partial charge in [0.15, 0.2) is 0 Å². The molecule has 1 unspecified atom stereocenters. The molecule has 3 heteroatoms. The van der Waals surface area contributed by atoms with Crippen LogP contribution in [0.5, 0.6) is 0 Å². The van der Waals surface area contributed by atoms with Crippen molar-refractivity contribution in [3.8, 4) is 0 Å². The molecule has 0 aliphatic carbocycles. The molecule has 0 aliphatic heterocycles. The fraction of sp³-hybridized carbons (Fsp3) is 0.300. The average molecular weight is 181 g/mol. The molecule has 2 N–H and O–H groups in total. The van der Waals surface area contributed by atoms with Gasteiger partial charge in [0.1, 0.15) is 5.82 Å². The summed E-state index contributed by atoms with van der Waals surface area (Å²) in [5, 5.41) is 0. The van der Waals surface area contributed by atoms with Crippen molar-refractivity contribution in [2.24, 2.45) is 5.73 Å². The molecule has 0 aliphatic rings. The minimum atomic E-state index is -0.570. The average Bonchev–Trinajstić information content (AvgIpc) is 2.08. The van der Waals surface area contributed by atoms with Crippen molar-refractivity contribution in [3.05, 3.63) is 35.1 Å². The Bertz CT molecular complexity index is 336. The molecule has 1 aromatic rings. The van der Waals surface area contributed by atoms with E-state index in [2.05, 4.69) is 0 Å². The summed E-state index contributed by atoms with van der Waals surface area (Å²) in [5.74, 6) is -1.42. The van der Waals surface area contributed by atoms with Gasteiger partial charge in [-0.3, -0.25) is 4.79 Å². The Morgan fingerprint density at radius 1 is 1.54 bits per heavy atom. The van der Waals surface area contributed by atoms with Crippen molar-refractivity contribution in [2.45, 2.75) is 19.8 Å². The number of benzene rings is 1. The van der Waals surface area contributed by atoms with Gasteiger partial charge < -0.3 is 5.73 Å². The van der Waals surface area contributed by atoms with Crippen LogP contribution in [0.25, 0.3) is 0 Å². The second-order valence-corrected chi connectivity index (χ2v) is 3.10. The summed E-state index contributed by atoms with van der Waals surface area (Å²) in [6.07, 6.45) is 0. The molecule has 0 radical (unpaired) electrons. The summed E-state index contributed by atoms with van der Waals surface area (Å²) >= 11 is 0. The number of carbonyl (C=O) groups is 1. The molecule has 2 nitrogen and oxygen atoms in total. The fourth-order valence-corrected chi connectivity index (χ4v) is 1.16. The van der Waals surface area contributed by atoms with Gasteiger partial charge in [-0.2, -0.15) is 0 Å². The molecule has 0 saturated carbocycles. The van der Waals surface area contributed by atoms with Crippen LogP contribution in [0.1, 0.15) is 24.0 Å². The highest BCUT2D eigenvalue weighted by Crippen LogP contribution is 2.20.